The second kappa shape index (κ2) is 14.2. The van der Waals surface area contributed by atoms with Crippen LogP contribution in [0, 0.1) is 42.6 Å². The predicted octanol–water partition coefficient (Wildman–Crippen LogP) is 10.5. The Morgan fingerprint density at radius 1 is 0.907 bits per heavy atom. The summed E-state index contributed by atoms with van der Waals surface area (Å²) in [6.45, 7) is 13.4. The molecule has 1 radical (unpaired) electrons. The number of hydrogen-bond donors (Lipinski definition) is 1. The van der Waals surface area contributed by atoms with Gasteiger partial charge in [0.15, 0.2) is 5.78 Å². The van der Waals surface area contributed by atoms with Gasteiger partial charge in [0, 0.05) is 44.2 Å². The van der Waals surface area contributed by atoms with Gasteiger partial charge in [0.25, 0.3) is 0 Å². The maximum absolute atomic E-state index is 12.4. The maximum atomic E-state index is 12.4. The van der Waals surface area contributed by atoms with E-state index in [0.29, 0.717) is 16.6 Å². The predicted molar refractivity (Wildman–Crippen MR) is 177 cm³/mol. The molecule has 0 bridgehead atoms. The molecule has 4 heteroatoms. The smallest absolute Gasteiger partial charge is 0.162 e. The van der Waals surface area contributed by atoms with Crippen molar-refractivity contribution in [3.8, 4) is 11.3 Å². The largest absolute Gasteiger partial charge is 0.512 e. The number of carbonyl (C=O) groups is 1. The minimum atomic E-state index is 0. The van der Waals surface area contributed by atoms with Crippen molar-refractivity contribution in [1.29, 1.82) is 0 Å². The summed E-state index contributed by atoms with van der Waals surface area (Å²) in [5.74, 6) is 0.857. The van der Waals surface area contributed by atoms with Gasteiger partial charge in [0.1, 0.15) is 0 Å². The van der Waals surface area contributed by atoms with Crippen LogP contribution in [0.25, 0.3) is 22.0 Å². The Bertz CT molecular complexity index is 1420. The van der Waals surface area contributed by atoms with Crippen molar-refractivity contribution in [2.45, 2.75) is 113 Å². The van der Waals surface area contributed by atoms with Gasteiger partial charge in [0.05, 0.1) is 5.76 Å². The topological polar surface area (TPSA) is 50.2 Å². The van der Waals surface area contributed by atoms with Gasteiger partial charge < -0.3 is 10.1 Å². The van der Waals surface area contributed by atoms with Crippen LogP contribution in [0.2, 0.25) is 0 Å². The molecular weight excluding hydrogens is 707 g/mol. The molecule has 0 amide bonds. The first-order chi connectivity index (χ1) is 19.4. The van der Waals surface area contributed by atoms with Gasteiger partial charge in [-0.3, -0.25) is 4.79 Å². The summed E-state index contributed by atoms with van der Waals surface area (Å²) in [5, 5.41) is 13.0. The molecule has 3 aliphatic rings. The molecule has 3 aliphatic carbocycles. The summed E-state index contributed by atoms with van der Waals surface area (Å²) >= 11 is 0. The minimum absolute atomic E-state index is 0. The molecule has 235 valence electrons. The molecule has 3 nitrogen and oxygen atoms in total. The van der Waals surface area contributed by atoms with E-state index in [-0.39, 0.29) is 45.2 Å². The molecule has 43 heavy (non-hydrogen) atoms. The Balaban J connectivity index is 0.000000225. The van der Waals surface area contributed by atoms with Gasteiger partial charge in [-0.15, -0.1) is 34.9 Å². The summed E-state index contributed by atoms with van der Waals surface area (Å²) in [6.07, 6.45) is 14.4. The van der Waals surface area contributed by atoms with E-state index >= 15 is 0 Å². The molecule has 2 aromatic carbocycles. The molecule has 1 heterocycles. The number of aryl methyl sites for hydroxylation is 4. The van der Waals surface area contributed by atoms with Crippen molar-refractivity contribution in [3.63, 3.8) is 0 Å². The Morgan fingerprint density at radius 2 is 1.49 bits per heavy atom. The van der Waals surface area contributed by atoms with E-state index < -0.39 is 0 Å². The van der Waals surface area contributed by atoms with Crippen molar-refractivity contribution in [1.82, 2.24) is 4.98 Å². The third-order valence-electron chi connectivity index (χ3n) is 9.93. The number of allylic oxidation sites excluding steroid dienone is 2. The zero-order valence-corrected chi connectivity index (χ0v) is 28.8. The van der Waals surface area contributed by atoms with Gasteiger partial charge in [-0.1, -0.05) is 67.2 Å². The summed E-state index contributed by atoms with van der Waals surface area (Å²) in [6, 6.07) is 14.4. The van der Waals surface area contributed by atoms with E-state index in [2.05, 4.69) is 84.1 Å². The Kier molecular flexibility index (Phi) is 11.6. The fourth-order valence-electron chi connectivity index (χ4n) is 7.12. The molecule has 0 saturated heterocycles. The number of benzene rings is 2. The van der Waals surface area contributed by atoms with Gasteiger partial charge in [-0.05, 0) is 103 Å². The molecule has 0 unspecified atom stereocenters. The second-order valence-electron chi connectivity index (χ2n) is 14.6. The number of nitrogens with zero attached hydrogens (tertiary/aromatic N) is 1. The minimum Gasteiger partial charge on any atom is -0.512 e. The molecule has 6 rings (SSSR count). The SMILES string of the molecule is C.CC1(C)CCC(C(=O)C=C(O)C2CCC(C)(C)CC2)CC1.Cc1[c-]c(-c2ncc3c4c(cccc24)CC3)cc(C)c1.[Ir]. The average molecular weight is 759 g/mol. The number of aliphatic hydroxyl groups is 1. The van der Waals surface area contributed by atoms with Crippen molar-refractivity contribution in [3.05, 3.63) is 76.7 Å². The van der Waals surface area contributed by atoms with Crippen LogP contribution < -0.4 is 0 Å². The standard InChI is InChI=1S/C19H16N.C19H32O2.CH4.Ir/c1-12-8-13(2)10-16(9-12)19-17-5-3-4-14-6-7-15(11-20-19)18(14)17;1-18(2)9-5-14(6-10-18)16(20)13-17(21)15-7-11-19(3,4)12-8-15;;/h3-5,8-9,11H,6-7H2,1-2H3;13-15,20H,5-12H2,1-4H3;1H4;/q-1;;;. The number of carbonyl (C=O) groups excluding carboxylic acids is 1. The number of pyridine rings is 1. The summed E-state index contributed by atoms with van der Waals surface area (Å²) in [7, 11) is 0. The quantitative estimate of drug-likeness (QED) is 0.164. The third-order valence-corrected chi connectivity index (χ3v) is 9.93. The van der Waals surface area contributed by atoms with Crippen LogP contribution in [-0.2, 0) is 37.7 Å². The summed E-state index contributed by atoms with van der Waals surface area (Å²) in [4.78, 5) is 17.1. The van der Waals surface area contributed by atoms with Gasteiger partial charge in [-0.2, -0.15) is 0 Å². The number of hydrogen-bond acceptors (Lipinski definition) is 3. The van der Waals surface area contributed by atoms with Crippen LogP contribution in [0.4, 0.5) is 0 Å². The van der Waals surface area contributed by atoms with Crippen LogP contribution in [0.5, 0.6) is 0 Å². The molecule has 1 N–H and O–H groups in total. The van der Waals surface area contributed by atoms with Crippen LogP contribution in [0.3, 0.4) is 0 Å². The number of aromatic nitrogens is 1. The Morgan fingerprint density at radius 3 is 2.09 bits per heavy atom. The van der Waals surface area contributed by atoms with E-state index in [4.69, 9.17) is 4.98 Å². The molecule has 0 atom stereocenters. The average Bonchev–Trinajstić information content (AvgIpc) is 3.33. The molecule has 2 fully saturated rings. The molecule has 0 spiro atoms. The zero-order chi connectivity index (χ0) is 29.4. The van der Waals surface area contributed by atoms with Gasteiger partial charge in [-0.25, -0.2) is 0 Å². The first-order valence-corrected chi connectivity index (χ1v) is 15.8. The zero-order valence-electron chi connectivity index (χ0n) is 26.4. The van der Waals surface area contributed by atoms with Crippen molar-refractivity contribution in [2.24, 2.45) is 22.7 Å². The third kappa shape index (κ3) is 8.46. The van der Waals surface area contributed by atoms with Crippen LogP contribution in [-0.4, -0.2) is 15.9 Å². The van der Waals surface area contributed by atoms with Gasteiger partial charge >= 0.3 is 0 Å². The van der Waals surface area contributed by atoms with Crippen LogP contribution >= 0.6 is 0 Å². The van der Waals surface area contributed by atoms with Crippen LogP contribution in [0.15, 0.2) is 48.4 Å². The number of ketones is 1. The van der Waals surface area contributed by atoms with E-state index in [1.165, 1.54) is 33.0 Å². The Hall–Kier alpha value is -2.29. The fraction of sp³-hybridized carbons (Fsp3) is 0.538. The normalized spacial score (nSPS) is 19.5. The monoisotopic (exact) mass is 759 g/mol. The molecule has 1 aromatic heterocycles. The first kappa shape index (κ1) is 35.2. The van der Waals surface area contributed by atoms with E-state index in [0.717, 1.165) is 75.5 Å². The first-order valence-electron chi connectivity index (χ1n) is 15.8. The van der Waals surface area contributed by atoms with Crippen molar-refractivity contribution >= 4 is 16.6 Å². The van der Waals surface area contributed by atoms with Crippen LogP contribution in [0.1, 0.15) is 109 Å². The number of aliphatic hydroxyl groups excluding tert-OH is 1. The maximum Gasteiger partial charge on any atom is 0.162 e. The van der Waals surface area contributed by atoms with E-state index in [1.807, 2.05) is 0 Å². The molecular formula is C39H52IrNO2-. The second-order valence-corrected chi connectivity index (χ2v) is 14.6. The van der Waals surface area contributed by atoms with Crippen molar-refractivity contribution < 1.29 is 30.0 Å². The fourth-order valence-corrected chi connectivity index (χ4v) is 7.12. The Labute approximate surface area is 274 Å². The molecule has 2 saturated carbocycles. The van der Waals surface area contributed by atoms with Gasteiger partial charge in [0.2, 0.25) is 0 Å². The number of rotatable bonds is 4. The van der Waals surface area contributed by atoms with Crippen molar-refractivity contribution in [2.75, 3.05) is 0 Å². The summed E-state index contributed by atoms with van der Waals surface area (Å²) in [5.41, 5.74) is 8.26. The molecule has 3 aromatic rings. The van der Waals surface area contributed by atoms with E-state index in [9.17, 15) is 9.90 Å². The van der Waals surface area contributed by atoms with E-state index in [1.54, 1.807) is 6.08 Å². The molecule has 0 aliphatic heterocycles. The summed E-state index contributed by atoms with van der Waals surface area (Å²) < 4.78 is 0.